The van der Waals surface area contributed by atoms with Gasteiger partial charge >= 0.3 is 0 Å². The highest BCUT2D eigenvalue weighted by Crippen LogP contribution is 2.21. The minimum atomic E-state index is -3.51. The fourth-order valence-corrected chi connectivity index (χ4v) is 3.68. The van der Waals surface area contributed by atoms with Crippen LogP contribution in [0.5, 0.6) is 0 Å². The molecule has 1 aromatic rings. The first-order chi connectivity index (χ1) is 8.25. The summed E-state index contributed by atoms with van der Waals surface area (Å²) >= 11 is 5.75. The number of rotatable bonds is 5. The van der Waals surface area contributed by atoms with Crippen LogP contribution in [0.15, 0.2) is 23.2 Å². The predicted molar refractivity (Wildman–Crippen MR) is 73.1 cm³/mol. The van der Waals surface area contributed by atoms with Crippen molar-refractivity contribution < 1.29 is 8.42 Å². The molecule has 0 atom stereocenters. The van der Waals surface area contributed by atoms with Crippen LogP contribution in [0.1, 0.15) is 27.7 Å². The topological polar surface area (TPSA) is 50.3 Å². The molecule has 0 bridgehead atoms. The zero-order valence-corrected chi connectivity index (χ0v) is 12.7. The Morgan fingerprint density at radius 3 is 2.39 bits per heavy atom. The molecule has 0 aliphatic carbocycles. The third-order valence-corrected chi connectivity index (χ3v) is 4.67. The average molecular weight is 291 g/mol. The summed E-state index contributed by atoms with van der Waals surface area (Å²) in [6, 6.07) is 2.76. The highest BCUT2D eigenvalue weighted by atomic mass is 35.5. The first-order valence-electron chi connectivity index (χ1n) is 5.88. The van der Waals surface area contributed by atoms with Crippen molar-refractivity contribution in [1.29, 1.82) is 0 Å². The van der Waals surface area contributed by atoms with Gasteiger partial charge in [0.05, 0.1) is 4.90 Å². The largest absolute Gasteiger partial charge is 0.244 e. The summed E-state index contributed by atoms with van der Waals surface area (Å²) in [5.74, 6) is 0.263. The minimum absolute atomic E-state index is 0.0932. The Morgan fingerprint density at radius 1 is 1.33 bits per heavy atom. The molecular weight excluding hydrogens is 272 g/mol. The van der Waals surface area contributed by atoms with Gasteiger partial charge in [0, 0.05) is 18.8 Å². The molecule has 0 unspecified atom stereocenters. The van der Waals surface area contributed by atoms with E-state index in [0.29, 0.717) is 6.54 Å². The van der Waals surface area contributed by atoms with Crippen LogP contribution in [-0.4, -0.2) is 30.3 Å². The summed E-state index contributed by atoms with van der Waals surface area (Å²) in [7, 11) is -3.51. The van der Waals surface area contributed by atoms with Crippen molar-refractivity contribution in [2.75, 3.05) is 6.54 Å². The number of halogens is 1. The second kappa shape index (κ2) is 5.99. The maximum Gasteiger partial charge on any atom is 0.243 e. The lowest BCUT2D eigenvalue weighted by molar-refractivity contribution is 0.319. The Hall–Kier alpha value is -0.650. The highest BCUT2D eigenvalue weighted by molar-refractivity contribution is 7.89. The van der Waals surface area contributed by atoms with Crippen LogP contribution in [0.2, 0.25) is 5.15 Å². The lowest BCUT2D eigenvalue weighted by Crippen LogP contribution is -2.39. The van der Waals surface area contributed by atoms with Gasteiger partial charge in [-0.15, -0.1) is 0 Å². The molecule has 1 rings (SSSR count). The van der Waals surface area contributed by atoms with Crippen LogP contribution >= 0.6 is 11.6 Å². The van der Waals surface area contributed by atoms with Gasteiger partial charge in [0.1, 0.15) is 5.15 Å². The van der Waals surface area contributed by atoms with E-state index >= 15 is 0 Å². The van der Waals surface area contributed by atoms with Gasteiger partial charge < -0.3 is 0 Å². The van der Waals surface area contributed by atoms with E-state index in [1.807, 2.05) is 27.7 Å². The van der Waals surface area contributed by atoms with E-state index < -0.39 is 10.0 Å². The molecule has 0 N–H and O–H groups in total. The van der Waals surface area contributed by atoms with Crippen molar-refractivity contribution in [3.05, 3.63) is 23.5 Å². The lowest BCUT2D eigenvalue weighted by Gasteiger charge is -2.27. The normalized spacial score (nSPS) is 12.7. The standard InChI is InChI=1S/C12H19ClN2O2S/c1-9(2)8-15(10(3)4)18(16,17)11-5-6-14-12(13)7-11/h5-7,9-10H,8H2,1-4H3. The van der Waals surface area contributed by atoms with E-state index in [4.69, 9.17) is 11.6 Å². The third-order valence-electron chi connectivity index (χ3n) is 2.43. The Morgan fingerprint density at radius 2 is 1.94 bits per heavy atom. The molecule has 1 aromatic heterocycles. The Kier molecular flexibility index (Phi) is 5.13. The number of sulfonamides is 1. The van der Waals surface area contributed by atoms with Gasteiger partial charge in [-0.3, -0.25) is 0 Å². The molecule has 0 spiro atoms. The van der Waals surface area contributed by atoms with Crippen LogP contribution in [0, 0.1) is 5.92 Å². The summed E-state index contributed by atoms with van der Waals surface area (Å²) in [6.07, 6.45) is 1.41. The molecule has 0 aliphatic rings. The fourth-order valence-electron chi connectivity index (χ4n) is 1.63. The van der Waals surface area contributed by atoms with E-state index in [0.717, 1.165) is 0 Å². The number of pyridine rings is 1. The van der Waals surface area contributed by atoms with Gasteiger partial charge in [-0.1, -0.05) is 25.4 Å². The zero-order chi connectivity index (χ0) is 13.9. The van der Waals surface area contributed by atoms with Crippen LogP contribution in [0.3, 0.4) is 0 Å². The van der Waals surface area contributed by atoms with Crippen LogP contribution in [-0.2, 0) is 10.0 Å². The van der Waals surface area contributed by atoms with E-state index in [1.54, 1.807) is 0 Å². The Labute approximate surface area is 114 Å². The van der Waals surface area contributed by atoms with Crippen molar-refractivity contribution >= 4 is 21.6 Å². The quantitative estimate of drug-likeness (QED) is 0.784. The van der Waals surface area contributed by atoms with Crippen LogP contribution < -0.4 is 0 Å². The first-order valence-corrected chi connectivity index (χ1v) is 7.70. The molecule has 0 radical (unpaired) electrons. The fraction of sp³-hybridized carbons (Fsp3) is 0.583. The Bertz CT molecular complexity index is 501. The molecule has 0 saturated heterocycles. The molecule has 18 heavy (non-hydrogen) atoms. The van der Waals surface area contributed by atoms with E-state index in [2.05, 4.69) is 4.98 Å². The molecular formula is C12H19ClN2O2S. The first kappa shape index (κ1) is 15.4. The van der Waals surface area contributed by atoms with Gasteiger partial charge in [-0.25, -0.2) is 13.4 Å². The van der Waals surface area contributed by atoms with E-state index in [-0.39, 0.29) is 22.0 Å². The van der Waals surface area contributed by atoms with Crippen molar-refractivity contribution in [3.8, 4) is 0 Å². The molecule has 0 aliphatic heterocycles. The summed E-state index contributed by atoms with van der Waals surface area (Å²) < 4.78 is 26.5. The van der Waals surface area contributed by atoms with Crippen molar-refractivity contribution in [2.45, 2.75) is 38.6 Å². The Balaban J connectivity index is 3.17. The molecule has 0 aromatic carbocycles. The molecule has 1 heterocycles. The molecule has 0 amide bonds. The number of nitrogens with zero attached hydrogens (tertiary/aromatic N) is 2. The third kappa shape index (κ3) is 3.67. The maximum absolute atomic E-state index is 12.5. The summed E-state index contributed by atoms with van der Waals surface area (Å²) in [5.41, 5.74) is 0. The summed E-state index contributed by atoms with van der Waals surface area (Å²) in [5, 5.41) is 0.185. The smallest absolute Gasteiger partial charge is 0.243 e. The lowest BCUT2D eigenvalue weighted by atomic mass is 10.2. The van der Waals surface area contributed by atoms with E-state index in [9.17, 15) is 8.42 Å². The van der Waals surface area contributed by atoms with Gasteiger partial charge in [0.2, 0.25) is 10.0 Å². The number of hydrogen-bond acceptors (Lipinski definition) is 3. The van der Waals surface area contributed by atoms with Gasteiger partial charge in [0.25, 0.3) is 0 Å². The maximum atomic E-state index is 12.5. The van der Waals surface area contributed by atoms with Crippen molar-refractivity contribution in [2.24, 2.45) is 5.92 Å². The van der Waals surface area contributed by atoms with Crippen LogP contribution in [0.25, 0.3) is 0 Å². The van der Waals surface area contributed by atoms with Gasteiger partial charge in [0.15, 0.2) is 0 Å². The predicted octanol–water partition coefficient (Wildman–Crippen LogP) is 2.79. The number of aromatic nitrogens is 1. The van der Waals surface area contributed by atoms with Crippen molar-refractivity contribution in [1.82, 2.24) is 9.29 Å². The SMILES string of the molecule is CC(C)CN(C(C)C)S(=O)(=O)c1ccnc(Cl)c1. The summed E-state index contributed by atoms with van der Waals surface area (Å²) in [6.45, 7) is 8.19. The number of hydrogen-bond donors (Lipinski definition) is 0. The van der Waals surface area contributed by atoms with Crippen LogP contribution in [0.4, 0.5) is 0 Å². The monoisotopic (exact) mass is 290 g/mol. The average Bonchev–Trinajstić information content (AvgIpc) is 2.25. The molecule has 4 nitrogen and oxygen atoms in total. The minimum Gasteiger partial charge on any atom is -0.244 e. The van der Waals surface area contributed by atoms with Gasteiger partial charge in [-0.2, -0.15) is 4.31 Å². The second-order valence-corrected chi connectivity index (χ2v) is 7.15. The summed E-state index contributed by atoms with van der Waals surface area (Å²) in [4.78, 5) is 3.99. The molecule has 0 saturated carbocycles. The second-order valence-electron chi connectivity index (χ2n) is 4.88. The van der Waals surface area contributed by atoms with Crippen molar-refractivity contribution in [3.63, 3.8) is 0 Å². The van der Waals surface area contributed by atoms with Gasteiger partial charge in [-0.05, 0) is 31.9 Å². The molecule has 102 valence electrons. The highest BCUT2D eigenvalue weighted by Gasteiger charge is 2.27. The molecule has 0 fully saturated rings. The van der Waals surface area contributed by atoms with E-state index in [1.165, 1.54) is 22.6 Å². The molecule has 6 heteroatoms. The zero-order valence-electron chi connectivity index (χ0n) is 11.1.